The largest absolute Gasteiger partial charge is 0.207 e. The predicted molar refractivity (Wildman–Crippen MR) is 38.9 cm³/mol. The quantitative estimate of drug-likeness (QED) is 0.541. The Balaban J connectivity index is 3.12. The summed E-state index contributed by atoms with van der Waals surface area (Å²) in [7, 11) is 0. The van der Waals surface area contributed by atoms with Gasteiger partial charge in [-0.05, 0) is 12.1 Å². The van der Waals surface area contributed by atoms with Gasteiger partial charge in [0.2, 0.25) is 0 Å². The molecule has 0 saturated carbocycles. The predicted octanol–water partition coefficient (Wildman–Crippen LogP) is 2.14. The van der Waals surface area contributed by atoms with Crippen LogP contribution in [0.15, 0.2) is 18.2 Å². The van der Waals surface area contributed by atoms with Gasteiger partial charge in [-0.1, -0.05) is 6.07 Å². The zero-order valence-corrected chi connectivity index (χ0v) is 5.77. The molecular weight excluding hydrogens is 146 g/mol. The van der Waals surface area contributed by atoms with Crippen molar-refractivity contribution in [3.8, 4) is 12.3 Å². The van der Waals surface area contributed by atoms with Crippen LogP contribution in [0.4, 0.5) is 8.78 Å². The van der Waals surface area contributed by atoms with Gasteiger partial charge in [0.05, 0.1) is 0 Å². The maximum absolute atomic E-state index is 12.7. The highest BCUT2D eigenvalue weighted by Gasteiger charge is 2.05. The third-order valence-corrected chi connectivity index (χ3v) is 1.34. The SMILES string of the molecule is C#CCc1c(F)cccc1F. The van der Waals surface area contributed by atoms with Crippen molar-refractivity contribution >= 4 is 0 Å². The van der Waals surface area contributed by atoms with Crippen molar-refractivity contribution in [2.75, 3.05) is 0 Å². The maximum Gasteiger partial charge on any atom is 0.130 e. The Morgan fingerprint density at radius 1 is 1.27 bits per heavy atom. The lowest BCUT2D eigenvalue weighted by molar-refractivity contribution is 0.563. The molecule has 11 heavy (non-hydrogen) atoms. The summed E-state index contributed by atoms with van der Waals surface area (Å²) in [5.41, 5.74) is -0.0324. The first-order valence-electron chi connectivity index (χ1n) is 3.12. The van der Waals surface area contributed by atoms with Gasteiger partial charge in [0, 0.05) is 12.0 Å². The summed E-state index contributed by atoms with van der Waals surface area (Å²) in [5, 5.41) is 0. The molecule has 0 aliphatic rings. The third kappa shape index (κ3) is 1.56. The third-order valence-electron chi connectivity index (χ3n) is 1.34. The first-order valence-corrected chi connectivity index (χ1v) is 3.12. The van der Waals surface area contributed by atoms with Gasteiger partial charge in [-0.25, -0.2) is 8.78 Å². The van der Waals surface area contributed by atoms with Crippen LogP contribution in [0.3, 0.4) is 0 Å². The molecule has 56 valence electrons. The van der Waals surface area contributed by atoms with Gasteiger partial charge in [0.25, 0.3) is 0 Å². The van der Waals surface area contributed by atoms with Crippen molar-refractivity contribution < 1.29 is 8.78 Å². The monoisotopic (exact) mass is 152 g/mol. The van der Waals surface area contributed by atoms with Gasteiger partial charge in [-0.15, -0.1) is 12.3 Å². The fraction of sp³-hybridized carbons (Fsp3) is 0.111. The van der Waals surface area contributed by atoms with Crippen molar-refractivity contribution in [1.29, 1.82) is 0 Å². The Labute approximate surface area is 63.9 Å². The highest BCUT2D eigenvalue weighted by atomic mass is 19.1. The van der Waals surface area contributed by atoms with E-state index in [9.17, 15) is 8.78 Å². The summed E-state index contributed by atoms with van der Waals surface area (Å²) >= 11 is 0. The van der Waals surface area contributed by atoms with Crippen molar-refractivity contribution in [2.24, 2.45) is 0 Å². The molecule has 1 rings (SSSR count). The Morgan fingerprint density at radius 2 is 1.82 bits per heavy atom. The topological polar surface area (TPSA) is 0 Å². The Bertz CT molecular complexity index is 277. The van der Waals surface area contributed by atoms with E-state index < -0.39 is 11.6 Å². The van der Waals surface area contributed by atoms with E-state index >= 15 is 0 Å². The zero-order valence-electron chi connectivity index (χ0n) is 5.77. The van der Waals surface area contributed by atoms with Crippen LogP contribution in [-0.4, -0.2) is 0 Å². The minimum atomic E-state index is -0.581. The summed E-state index contributed by atoms with van der Waals surface area (Å²) in [4.78, 5) is 0. The standard InChI is InChI=1S/C9H6F2/c1-2-4-7-8(10)5-3-6-9(7)11/h1,3,5-6H,4H2. The summed E-state index contributed by atoms with van der Waals surface area (Å²) in [6, 6.07) is 3.69. The zero-order chi connectivity index (χ0) is 8.27. The van der Waals surface area contributed by atoms with Crippen LogP contribution in [0.2, 0.25) is 0 Å². The minimum absolute atomic E-state index is 0.00148. The number of benzene rings is 1. The molecule has 2 heteroatoms. The normalized spacial score (nSPS) is 9.18. The van der Waals surface area contributed by atoms with Crippen LogP contribution in [0.1, 0.15) is 5.56 Å². The van der Waals surface area contributed by atoms with Crippen molar-refractivity contribution in [1.82, 2.24) is 0 Å². The Hall–Kier alpha value is -1.36. The molecule has 0 N–H and O–H groups in total. The molecule has 0 atom stereocenters. The summed E-state index contributed by atoms with van der Waals surface area (Å²) in [6.07, 6.45) is 4.91. The van der Waals surface area contributed by atoms with Gasteiger partial charge in [0.1, 0.15) is 11.6 Å². The van der Waals surface area contributed by atoms with E-state index in [1.165, 1.54) is 18.2 Å². The molecule has 0 aliphatic carbocycles. The molecule has 0 nitrogen and oxygen atoms in total. The maximum atomic E-state index is 12.7. The average Bonchev–Trinajstić information content (AvgIpc) is 1.97. The molecule has 0 aliphatic heterocycles. The molecule has 0 fully saturated rings. The van der Waals surface area contributed by atoms with Crippen LogP contribution < -0.4 is 0 Å². The van der Waals surface area contributed by atoms with E-state index in [-0.39, 0.29) is 12.0 Å². The van der Waals surface area contributed by atoms with E-state index in [1.54, 1.807) is 0 Å². The van der Waals surface area contributed by atoms with E-state index in [0.29, 0.717) is 0 Å². The lowest BCUT2D eigenvalue weighted by atomic mass is 10.1. The second kappa shape index (κ2) is 3.16. The molecule has 0 heterocycles. The molecular formula is C9H6F2. The van der Waals surface area contributed by atoms with Crippen LogP contribution >= 0.6 is 0 Å². The number of halogens is 2. The Morgan fingerprint density at radius 3 is 2.27 bits per heavy atom. The van der Waals surface area contributed by atoms with Crippen LogP contribution in [0, 0.1) is 24.0 Å². The van der Waals surface area contributed by atoms with E-state index in [2.05, 4.69) is 5.92 Å². The van der Waals surface area contributed by atoms with Crippen molar-refractivity contribution in [2.45, 2.75) is 6.42 Å². The van der Waals surface area contributed by atoms with Crippen LogP contribution in [-0.2, 0) is 6.42 Å². The number of hydrogen-bond acceptors (Lipinski definition) is 0. The van der Waals surface area contributed by atoms with Crippen LogP contribution in [0.5, 0.6) is 0 Å². The first kappa shape index (κ1) is 7.74. The molecule has 0 bridgehead atoms. The van der Waals surface area contributed by atoms with E-state index in [4.69, 9.17) is 6.42 Å². The van der Waals surface area contributed by atoms with E-state index in [0.717, 1.165) is 0 Å². The lowest BCUT2D eigenvalue weighted by Crippen LogP contribution is -1.92. The molecule has 1 aromatic rings. The number of terminal acetylenes is 1. The highest BCUT2D eigenvalue weighted by molar-refractivity contribution is 5.23. The highest BCUT2D eigenvalue weighted by Crippen LogP contribution is 2.11. The molecule has 0 unspecified atom stereocenters. The fourth-order valence-electron chi connectivity index (χ4n) is 0.803. The first-order chi connectivity index (χ1) is 5.25. The second-order valence-electron chi connectivity index (χ2n) is 2.08. The Kier molecular flexibility index (Phi) is 2.22. The molecule has 0 aromatic heterocycles. The molecule has 0 spiro atoms. The lowest BCUT2D eigenvalue weighted by Gasteiger charge is -1.98. The molecule has 0 radical (unpaired) electrons. The molecule has 0 saturated heterocycles. The van der Waals surface area contributed by atoms with Crippen molar-refractivity contribution in [3.05, 3.63) is 35.4 Å². The molecule has 1 aromatic carbocycles. The van der Waals surface area contributed by atoms with Gasteiger partial charge < -0.3 is 0 Å². The summed E-state index contributed by atoms with van der Waals surface area (Å²) < 4.78 is 25.4. The minimum Gasteiger partial charge on any atom is -0.207 e. The van der Waals surface area contributed by atoms with Gasteiger partial charge in [-0.2, -0.15) is 0 Å². The average molecular weight is 152 g/mol. The summed E-state index contributed by atoms with van der Waals surface area (Å²) in [6.45, 7) is 0. The summed E-state index contributed by atoms with van der Waals surface area (Å²) in [5.74, 6) is 1.02. The van der Waals surface area contributed by atoms with Crippen molar-refractivity contribution in [3.63, 3.8) is 0 Å². The number of hydrogen-bond donors (Lipinski definition) is 0. The molecule has 0 amide bonds. The van der Waals surface area contributed by atoms with Crippen LogP contribution in [0.25, 0.3) is 0 Å². The number of rotatable bonds is 1. The van der Waals surface area contributed by atoms with Gasteiger partial charge in [-0.3, -0.25) is 0 Å². The van der Waals surface area contributed by atoms with E-state index in [1.807, 2.05) is 0 Å². The van der Waals surface area contributed by atoms with Gasteiger partial charge in [0.15, 0.2) is 0 Å². The smallest absolute Gasteiger partial charge is 0.130 e. The fourth-order valence-corrected chi connectivity index (χ4v) is 0.803. The second-order valence-corrected chi connectivity index (χ2v) is 2.08. The van der Waals surface area contributed by atoms with Gasteiger partial charge >= 0.3 is 0 Å².